The maximum absolute atomic E-state index is 13.6. The van der Waals surface area contributed by atoms with E-state index in [4.69, 9.17) is 11.6 Å². The van der Waals surface area contributed by atoms with Crippen LogP contribution in [0, 0.1) is 6.92 Å². The number of carbonyl (C=O) groups excluding carboxylic acids is 2. The van der Waals surface area contributed by atoms with Gasteiger partial charge in [-0.2, -0.15) is 0 Å². The van der Waals surface area contributed by atoms with Crippen LogP contribution < -0.4 is 10.2 Å². The third-order valence-electron chi connectivity index (χ3n) is 5.30. The van der Waals surface area contributed by atoms with Crippen LogP contribution in [0.1, 0.15) is 10.4 Å². The molecule has 3 aromatic carbocycles. The fourth-order valence-electron chi connectivity index (χ4n) is 3.85. The van der Waals surface area contributed by atoms with E-state index in [1.54, 1.807) is 18.2 Å². The minimum absolute atomic E-state index is 0.276. The Bertz CT molecular complexity index is 1370. The van der Waals surface area contributed by atoms with Crippen molar-refractivity contribution in [2.75, 3.05) is 10.2 Å². The molecule has 1 aliphatic heterocycles. The highest BCUT2D eigenvalue weighted by atomic mass is 35.5. The predicted octanol–water partition coefficient (Wildman–Crippen LogP) is 6.26. The summed E-state index contributed by atoms with van der Waals surface area (Å²) in [5, 5.41) is 7.76. The highest BCUT2D eigenvalue weighted by Gasteiger charge is 2.41. The average molecular weight is 445 g/mol. The number of fused-ring (bicyclic) bond motifs is 1. The van der Waals surface area contributed by atoms with Crippen molar-refractivity contribution in [2.24, 2.45) is 0 Å². The Hall–Kier alpha value is -3.41. The SMILES string of the molecule is Cc1cc(Cl)ccc1N1C(=O)C(Nc2cccc3ccccc23)=C(c2cccs2)C1=O. The molecule has 5 rings (SSSR count). The smallest absolute Gasteiger partial charge is 0.282 e. The minimum atomic E-state index is -0.383. The van der Waals surface area contributed by atoms with Gasteiger partial charge in [0.15, 0.2) is 0 Å². The number of thiophene rings is 1. The van der Waals surface area contributed by atoms with E-state index in [0.29, 0.717) is 16.3 Å². The Morgan fingerprint density at radius 3 is 2.48 bits per heavy atom. The highest BCUT2D eigenvalue weighted by Crippen LogP contribution is 2.38. The zero-order chi connectivity index (χ0) is 21.5. The lowest BCUT2D eigenvalue weighted by Crippen LogP contribution is -2.33. The molecule has 0 aliphatic carbocycles. The first-order valence-electron chi connectivity index (χ1n) is 9.72. The minimum Gasteiger partial charge on any atom is -0.350 e. The van der Waals surface area contributed by atoms with Gasteiger partial charge in [-0.15, -0.1) is 11.3 Å². The lowest BCUT2D eigenvalue weighted by Gasteiger charge is -2.18. The van der Waals surface area contributed by atoms with Crippen LogP contribution in [0.25, 0.3) is 16.3 Å². The van der Waals surface area contributed by atoms with Crippen LogP contribution >= 0.6 is 22.9 Å². The molecule has 0 atom stereocenters. The van der Waals surface area contributed by atoms with Gasteiger partial charge in [0.1, 0.15) is 5.70 Å². The van der Waals surface area contributed by atoms with Gasteiger partial charge in [-0.1, -0.05) is 54.1 Å². The van der Waals surface area contributed by atoms with Crippen molar-refractivity contribution in [3.8, 4) is 0 Å². The first kappa shape index (κ1) is 19.5. The average Bonchev–Trinajstić information content (AvgIpc) is 3.36. The van der Waals surface area contributed by atoms with Gasteiger partial charge in [0.2, 0.25) is 0 Å². The van der Waals surface area contributed by atoms with Crippen LogP contribution in [-0.4, -0.2) is 11.8 Å². The van der Waals surface area contributed by atoms with Crippen LogP contribution in [-0.2, 0) is 9.59 Å². The van der Waals surface area contributed by atoms with E-state index < -0.39 is 0 Å². The van der Waals surface area contributed by atoms with E-state index >= 15 is 0 Å². The van der Waals surface area contributed by atoms with Crippen LogP contribution in [0.15, 0.2) is 83.9 Å². The van der Waals surface area contributed by atoms with Crippen molar-refractivity contribution < 1.29 is 9.59 Å². The van der Waals surface area contributed by atoms with Gasteiger partial charge in [0.25, 0.3) is 11.8 Å². The van der Waals surface area contributed by atoms with Gasteiger partial charge in [0.05, 0.1) is 11.3 Å². The molecule has 0 saturated carbocycles. The van der Waals surface area contributed by atoms with Crippen LogP contribution in [0.3, 0.4) is 0 Å². The van der Waals surface area contributed by atoms with E-state index in [0.717, 1.165) is 26.9 Å². The molecule has 4 nitrogen and oxygen atoms in total. The Morgan fingerprint density at radius 2 is 1.71 bits per heavy atom. The molecule has 0 bridgehead atoms. The first-order valence-corrected chi connectivity index (χ1v) is 11.0. The van der Waals surface area contributed by atoms with Gasteiger partial charge in [-0.25, -0.2) is 4.90 Å². The largest absolute Gasteiger partial charge is 0.350 e. The number of hydrogen-bond donors (Lipinski definition) is 1. The van der Waals surface area contributed by atoms with Gasteiger partial charge >= 0.3 is 0 Å². The number of rotatable bonds is 4. The van der Waals surface area contributed by atoms with E-state index in [-0.39, 0.29) is 17.5 Å². The number of amides is 2. The number of aryl methyl sites for hydroxylation is 1. The number of imide groups is 1. The van der Waals surface area contributed by atoms with Gasteiger partial charge in [-0.3, -0.25) is 9.59 Å². The molecule has 0 spiro atoms. The number of benzene rings is 3. The lowest BCUT2D eigenvalue weighted by molar-refractivity contribution is -0.120. The van der Waals surface area contributed by atoms with Crippen molar-refractivity contribution in [2.45, 2.75) is 6.92 Å². The second-order valence-corrected chi connectivity index (χ2v) is 8.64. The maximum atomic E-state index is 13.6. The molecule has 152 valence electrons. The number of halogens is 1. The van der Waals surface area contributed by atoms with E-state index in [1.807, 2.05) is 66.9 Å². The fraction of sp³-hybridized carbons (Fsp3) is 0.0400. The molecule has 1 aliphatic rings. The molecule has 0 fully saturated rings. The van der Waals surface area contributed by atoms with Crippen molar-refractivity contribution in [3.05, 3.63) is 99.3 Å². The summed E-state index contributed by atoms with van der Waals surface area (Å²) in [5.41, 5.74) is 2.72. The van der Waals surface area contributed by atoms with Crippen LogP contribution in [0.2, 0.25) is 5.02 Å². The van der Waals surface area contributed by atoms with E-state index in [9.17, 15) is 9.59 Å². The van der Waals surface area contributed by atoms with Gasteiger partial charge in [-0.05, 0) is 53.6 Å². The van der Waals surface area contributed by atoms with Crippen molar-refractivity contribution in [1.82, 2.24) is 0 Å². The zero-order valence-electron chi connectivity index (χ0n) is 16.6. The summed E-state index contributed by atoms with van der Waals surface area (Å²) in [5.74, 6) is -0.729. The number of anilines is 2. The molecule has 2 heterocycles. The molecule has 0 unspecified atom stereocenters. The Labute approximate surface area is 188 Å². The molecular formula is C25H17ClN2O2S. The molecule has 6 heteroatoms. The highest BCUT2D eigenvalue weighted by molar-refractivity contribution is 7.11. The predicted molar refractivity (Wildman–Crippen MR) is 127 cm³/mol. The summed E-state index contributed by atoms with van der Waals surface area (Å²) >= 11 is 7.52. The molecule has 1 N–H and O–H groups in total. The third-order valence-corrected chi connectivity index (χ3v) is 6.42. The molecule has 0 saturated heterocycles. The van der Waals surface area contributed by atoms with Crippen molar-refractivity contribution >= 4 is 62.5 Å². The number of carbonyl (C=O) groups is 2. The molecule has 4 aromatic rings. The monoisotopic (exact) mass is 444 g/mol. The van der Waals surface area contributed by atoms with Crippen molar-refractivity contribution in [3.63, 3.8) is 0 Å². The van der Waals surface area contributed by atoms with E-state index in [1.165, 1.54) is 16.2 Å². The van der Waals surface area contributed by atoms with Crippen LogP contribution in [0.5, 0.6) is 0 Å². The lowest BCUT2D eigenvalue weighted by atomic mass is 10.1. The van der Waals surface area contributed by atoms with Gasteiger partial charge in [0, 0.05) is 21.0 Å². The number of nitrogens with zero attached hydrogens (tertiary/aromatic N) is 1. The Balaban J connectivity index is 1.65. The molecule has 2 amide bonds. The Morgan fingerprint density at radius 1 is 0.903 bits per heavy atom. The van der Waals surface area contributed by atoms with E-state index in [2.05, 4.69) is 5.32 Å². The van der Waals surface area contributed by atoms with Crippen molar-refractivity contribution in [1.29, 1.82) is 0 Å². The maximum Gasteiger partial charge on any atom is 0.282 e. The summed E-state index contributed by atoms with van der Waals surface area (Å²) in [6.07, 6.45) is 0. The number of hydrogen-bond acceptors (Lipinski definition) is 4. The second kappa shape index (κ2) is 7.69. The van der Waals surface area contributed by atoms with Crippen LogP contribution in [0.4, 0.5) is 11.4 Å². The Kier molecular flexibility index (Phi) is 4.85. The summed E-state index contributed by atoms with van der Waals surface area (Å²) in [6, 6.07) is 22.7. The standard InChI is InChI=1S/C25H17ClN2O2S/c1-15-14-17(26)11-12-20(15)28-24(29)22(21-10-5-13-31-21)23(25(28)30)27-19-9-4-7-16-6-2-3-8-18(16)19/h2-14,27H,1H3. The third kappa shape index (κ3) is 3.32. The quantitative estimate of drug-likeness (QED) is 0.378. The summed E-state index contributed by atoms with van der Waals surface area (Å²) in [7, 11) is 0. The first-order chi connectivity index (χ1) is 15.0. The summed E-state index contributed by atoms with van der Waals surface area (Å²) in [4.78, 5) is 29.0. The normalized spacial score (nSPS) is 14.1. The molecular weight excluding hydrogens is 428 g/mol. The fourth-order valence-corrected chi connectivity index (χ4v) is 4.85. The topological polar surface area (TPSA) is 49.4 Å². The summed E-state index contributed by atoms with van der Waals surface area (Å²) < 4.78 is 0. The molecule has 31 heavy (non-hydrogen) atoms. The van der Waals surface area contributed by atoms with Gasteiger partial charge < -0.3 is 5.32 Å². The summed E-state index contributed by atoms with van der Waals surface area (Å²) in [6.45, 7) is 1.84. The number of nitrogens with one attached hydrogen (secondary N) is 1. The second-order valence-electron chi connectivity index (χ2n) is 7.26. The zero-order valence-corrected chi connectivity index (χ0v) is 18.1. The molecule has 1 aromatic heterocycles. The molecule has 0 radical (unpaired) electrons.